The van der Waals surface area contributed by atoms with Crippen molar-refractivity contribution in [2.45, 2.75) is 45.1 Å². The van der Waals surface area contributed by atoms with E-state index < -0.39 is 10.0 Å². The number of likely N-dealkylation sites (tertiary alicyclic amines) is 1. The lowest BCUT2D eigenvalue weighted by atomic mass is 9.99. The second-order valence-corrected chi connectivity index (χ2v) is 8.55. The van der Waals surface area contributed by atoms with Crippen molar-refractivity contribution in [2.24, 2.45) is 0 Å². The van der Waals surface area contributed by atoms with Gasteiger partial charge in [-0.15, -0.1) is 0 Å². The maximum Gasteiger partial charge on any atom is 0.232 e. The van der Waals surface area contributed by atoms with Gasteiger partial charge in [-0.2, -0.15) is 0 Å². The average molecular weight is 373 g/mol. The summed E-state index contributed by atoms with van der Waals surface area (Å²) in [6.45, 7) is 3.01. The summed E-state index contributed by atoms with van der Waals surface area (Å²) in [7, 11) is -3.46. The van der Waals surface area contributed by atoms with Crippen molar-refractivity contribution in [3.8, 4) is 0 Å². The first-order valence-electron chi connectivity index (χ1n) is 8.35. The van der Waals surface area contributed by atoms with E-state index >= 15 is 0 Å². The molecule has 1 unspecified atom stereocenters. The summed E-state index contributed by atoms with van der Waals surface area (Å²) in [4.78, 5) is 14.5. The lowest BCUT2D eigenvalue weighted by Gasteiger charge is -2.36. The third kappa shape index (κ3) is 4.86. The van der Waals surface area contributed by atoms with Crippen LogP contribution in [0.1, 0.15) is 39.0 Å². The Bertz CT molecular complexity index is 661. The van der Waals surface area contributed by atoms with Crippen molar-refractivity contribution < 1.29 is 13.2 Å². The molecule has 1 aromatic carbocycles. The molecule has 1 aliphatic heterocycles. The predicted molar refractivity (Wildman–Crippen MR) is 97.9 cm³/mol. The van der Waals surface area contributed by atoms with Crippen molar-refractivity contribution in [1.82, 2.24) is 4.90 Å². The van der Waals surface area contributed by atoms with Crippen molar-refractivity contribution in [1.29, 1.82) is 0 Å². The number of halogens is 1. The molecule has 0 aliphatic carbocycles. The molecule has 0 saturated carbocycles. The molecule has 2 rings (SSSR count). The molecule has 0 spiro atoms. The number of carbonyl (C=O) groups excluding carboxylic acids is 1. The molecule has 0 radical (unpaired) electrons. The first kappa shape index (κ1) is 19.1. The van der Waals surface area contributed by atoms with E-state index in [4.69, 9.17) is 11.6 Å². The Balaban J connectivity index is 2.07. The zero-order valence-electron chi connectivity index (χ0n) is 14.2. The molecule has 1 aromatic rings. The summed E-state index contributed by atoms with van der Waals surface area (Å²) >= 11 is 5.86. The number of nitrogens with zero attached hydrogens (tertiary/aromatic N) is 2. The molecule has 5 nitrogen and oxygen atoms in total. The fraction of sp³-hybridized carbons (Fsp3) is 0.588. The summed E-state index contributed by atoms with van der Waals surface area (Å²) in [6, 6.07) is 6.89. The Hall–Kier alpha value is -1.27. The lowest BCUT2D eigenvalue weighted by molar-refractivity contribution is -0.134. The summed E-state index contributed by atoms with van der Waals surface area (Å²) < 4.78 is 25.5. The van der Waals surface area contributed by atoms with E-state index in [1.54, 1.807) is 24.3 Å². The molecule has 134 valence electrons. The van der Waals surface area contributed by atoms with Crippen molar-refractivity contribution in [2.75, 3.05) is 23.7 Å². The molecular weight excluding hydrogens is 348 g/mol. The highest BCUT2D eigenvalue weighted by Crippen LogP contribution is 2.23. The molecule has 7 heteroatoms. The fourth-order valence-corrected chi connectivity index (χ4v) is 4.24. The van der Waals surface area contributed by atoms with Crippen molar-refractivity contribution in [3.05, 3.63) is 29.3 Å². The molecule has 0 aromatic heterocycles. The molecule has 1 heterocycles. The second-order valence-electron chi connectivity index (χ2n) is 6.21. The van der Waals surface area contributed by atoms with Gasteiger partial charge >= 0.3 is 0 Å². The van der Waals surface area contributed by atoms with Crippen LogP contribution in [0.5, 0.6) is 0 Å². The summed E-state index contributed by atoms with van der Waals surface area (Å²) in [5, 5.41) is 0.544. The summed E-state index contributed by atoms with van der Waals surface area (Å²) in [6.07, 6.45) is 5.50. The minimum atomic E-state index is -3.46. The summed E-state index contributed by atoms with van der Waals surface area (Å²) in [5.41, 5.74) is 0.528. The smallest absolute Gasteiger partial charge is 0.232 e. The van der Waals surface area contributed by atoms with Gasteiger partial charge in [-0.05, 0) is 49.9 Å². The number of hydrogen-bond acceptors (Lipinski definition) is 3. The number of piperidine rings is 1. The van der Waals surface area contributed by atoms with E-state index in [2.05, 4.69) is 6.92 Å². The van der Waals surface area contributed by atoms with Gasteiger partial charge < -0.3 is 4.90 Å². The van der Waals surface area contributed by atoms with Crippen LogP contribution in [0.3, 0.4) is 0 Å². The van der Waals surface area contributed by atoms with E-state index in [-0.39, 0.29) is 24.9 Å². The average Bonchev–Trinajstić information content (AvgIpc) is 2.55. The van der Waals surface area contributed by atoms with Gasteiger partial charge in [0.05, 0.1) is 11.9 Å². The zero-order valence-corrected chi connectivity index (χ0v) is 15.8. The van der Waals surface area contributed by atoms with Gasteiger partial charge in [-0.1, -0.05) is 18.5 Å². The molecule has 24 heavy (non-hydrogen) atoms. The molecule has 1 aliphatic rings. The zero-order chi connectivity index (χ0) is 17.7. The highest BCUT2D eigenvalue weighted by Gasteiger charge is 2.26. The van der Waals surface area contributed by atoms with Crippen LogP contribution >= 0.6 is 11.6 Å². The van der Waals surface area contributed by atoms with Crippen LogP contribution < -0.4 is 4.31 Å². The highest BCUT2D eigenvalue weighted by atomic mass is 35.5. The fourth-order valence-electron chi connectivity index (χ4n) is 3.19. The van der Waals surface area contributed by atoms with Crippen LogP contribution in [-0.2, 0) is 14.8 Å². The van der Waals surface area contributed by atoms with Gasteiger partial charge in [0.1, 0.15) is 0 Å². The monoisotopic (exact) mass is 372 g/mol. The summed E-state index contributed by atoms with van der Waals surface area (Å²) in [5.74, 6) is 0.0316. The molecule has 1 saturated heterocycles. The van der Waals surface area contributed by atoms with Gasteiger partial charge in [-0.25, -0.2) is 8.42 Å². The Morgan fingerprint density at radius 1 is 1.29 bits per heavy atom. The number of sulfonamides is 1. The van der Waals surface area contributed by atoms with Gasteiger partial charge in [0.15, 0.2) is 0 Å². The van der Waals surface area contributed by atoms with Crippen LogP contribution in [0.4, 0.5) is 5.69 Å². The van der Waals surface area contributed by atoms with Crippen LogP contribution in [0.2, 0.25) is 5.02 Å². The minimum absolute atomic E-state index is 0.0316. The predicted octanol–water partition coefficient (Wildman–Crippen LogP) is 3.29. The van der Waals surface area contributed by atoms with Gasteiger partial charge in [-0.3, -0.25) is 9.10 Å². The Morgan fingerprint density at radius 3 is 2.54 bits per heavy atom. The highest BCUT2D eigenvalue weighted by molar-refractivity contribution is 7.92. The van der Waals surface area contributed by atoms with Crippen molar-refractivity contribution in [3.63, 3.8) is 0 Å². The van der Waals surface area contributed by atoms with E-state index in [9.17, 15) is 13.2 Å². The van der Waals surface area contributed by atoms with Crippen LogP contribution in [0.15, 0.2) is 24.3 Å². The van der Waals surface area contributed by atoms with Crippen molar-refractivity contribution >= 4 is 33.2 Å². The number of benzene rings is 1. The molecule has 1 amide bonds. The largest absolute Gasteiger partial charge is 0.340 e. The maximum absolute atomic E-state index is 12.6. The Kier molecular flexibility index (Phi) is 6.52. The van der Waals surface area contributed by atoms with E-state index in [1.807, 2.05) is 4.90 Å². The third-order valence-electron chi connectivity index (χ3n) is 4.46. The van der Waals surface area contributed by atoms with Gasteiger partial charge in [0.25, 0.3) is 0 Å². The third-order valence-corrected chi connectivity index (χ3v) is 5.91. The van der Waals surface area contributed by atoms with Crippen LogP contribution in [0, 0.1) is 0 Å². The first-order valence-corrected chi connectivity index (χ1v) is 10.6. The normalized spacial score (nSPS) is 18.5. The second kappa shape index (κ2) is 8.21. The lowest BCUT2D eigenvalue weighted by Crippen LogP contribution is -2.44. The molecule has 1 fully saturated rings. The number of hydrogen-bond donors (Lipinski definition) is 0. The number of rotatable bonds is 6. The minimum Gasteiger partial charge on any atom is -0.340 e. The van der Waals surface area contributed by atoms with E-state index in [1.165, 1.54) is 4.31 Å². The quantitative estimate of drug-likeness (QED) is 0.769. The molecule has 1 atom stereocenters. The van der Waals surface area contributed by atoms with Gasteiger partial charge in [0.2, 0.25) is 15.9 Å². The van der Waals surface area contributed by atoms with Gasteiger partial charge in [0, 0.05) is 30.6 Å². The van der Waals surface area contributed by atoms with E-state index in [0.29, 0.717) is 10.7 Å². The number of anilines is 1. The number of amides is 1. The molecule has 0 N–H and O–H groups in total. The molecule has 0 bridgehead atoms. The Labute approximate surface area is 149 Å². The number of carbonyl (C=O) groups is 1. The standard InChI is InChI=1S/C17H25ClN2O3S/c1-3-15-6-4-5-12-19(15)17(21)11-13-20(24(2,22)23)16-9-7-14(18)8-10-16/h7-10,15H,3-6,11-13H2,1-2H3. The topological polar surface area (TPSA) is 57.7 Å². The van der Waals surface area contributed by atoms with E-state index in [0.717, 1.165) is 38.5 Å². The van der Waals surface area contributed by atoms with Crippen LogP contribution in [0.25, 0.3) is 0 Å². The first-order chi connectivity index (χ1) is 11.3. The molecular formula is C17H25ClN2O3S. The SMILES string of the molecule is CCC1CCCCN1C(=O)CCN(c1ccc(Cl)cc1)S(C)(=O)=O. The van der Waals surface area contributed by atoms with Crippen LogP contribution in [-0.4, -0.2) is 44.6 Å². The maximum atomic E-state index is 12.6. The Morgan fingerprint density at radius 2 is 1.96 bits per heavy atom.